The molecule has 3 rings (SSSR count). The number of fused-ring (bicyclic) bond motifs is 1. The van der Waals surface area contributed by atoms with Crippen molar-refractivity contribution in [2.24, 2.45) is 17.3 Å². The number of nitrogens with zero attached hydrogens (tertiary/aromatic N) is 3. The Morgan fingerprint density at radius 3 is 2.36 bits per heavy atom. The Hall–Kier alpha value is -3.14. The predicted octanol–water partition coefficient (Wildman–Crippen LogP) is 1.84. The summed E-state index contributed by atoms with van der Waals surface area (Å²) >= 11 is 0. The third kappa shape index (κ3) is 3.05. The van der Waals surface area contributed by atoms with E-state index in [1.165, 1.54) is 4.90 Å². The molecule has 0 radical (unpaired) electrons. The number of likely N-dealkylation sites (N-methyl/N-ethyl adjacent to an activating group) is 1. The lowest BCUT2D eigenvalue weighted by Gasteiger charge is -2.46. The highest BCUT2D eigenvalue weighted by Gasteiger charge is 2.58. The summed E-state index contributed by atoms with van der Waals surface area (Å²) < 4.78 is 5.71. The van der Waals surface area contributed by atoms with Crippen molar-refractivity contribution in [3.63, 3.8) is 0 Å². The van der Waals surface area contributed by atoms with E-state index in [-0.39, 0.29) is 17.7 Å². The molecule has 2 aliphatic rings. The Balaban J connectivity index is 2.15. The zero-order valence-corrected chi connectivity index (χ0v) is 16.4. The molecule has 1 fully saturated rings. The molecular formula is C22H24N5O+. The van der Waals surface area contributed by atoms with Crippen molar-refractivity contribution in [1.29, 1.82) is 21.2 Å². The molecule has 142 valence electrons. The lowest BCUT2D eigenvalue weighted by atomic mass is 9.54. The quantitative estimate of drug-likeness (QED) is 0.787. The first-order valence-corrected chi connectivity index (χ1v) is 9.46. The lowest BCUT2D eigenvalue weighted by Crippen LogP contribution is -3.10. The van der Waals surface area contributed by atoms with Crippen LogP contribution in [0, 0.1) is 56.7 Å². The van der Waals surface area contributed by atoms with Crippen molar-refractivity contribution in [2.45, 2.75) is 25.9 Å². The molecule has 0 spiro atoms. The SMILES string of the molecule is CC(C)Oc1ccc([C@H]2[C@@H]3C[NH+](C)CC=C3[C@H](C#N)C(=N)C2(C#N)C#N)cc1. The van der Waals surface area contributed by atoms with Crippen LogP contribution in [0.5, 0.6) is 5.75 Å². The van der Waals surface area contributed by atoms with Crippen LogP contribution in [0.3, 0.4) is 0 Å². The molecule has 1 aromatic rings. The van der Waals surface area contributed by atoms with Gasteiger partial charge in [0.1, 0.15) is 11.7 Å². The third-order valence-corrected chi connectivity index (χ3v) is 5.69. The van der Waals surface area contributed by atoms with Crippen LogP contribution in [0.25, 0.3) is 0 Å². The van der Waals surface area contributed by atoms with Crippen LogP contribution in [-0.4, -0.2) is 32.0 Å². The molecule has 0 saturated heterocycles. The first kappa shape index (κ1) is 19.6. The summed E-state index contributed by atoms with van der Waals surface area (Å²) in [6.07, 6.45) is 2.07. The Labute approximate surface area is 165 Å². The van der Waals surface area contributed by atoms with Gasteiger partial charge in [0, 0.05) is 11.8 Å². The van der Waals surface area contributed by atoms with Crippen LogP contribution in [-0.2, 0) is 0 Å². The highest BCUT2D eigenvalue weighted by Crippen LogP contribution is 2.52. The van der Waals surface area contributed by atoms with E-state index >= 15 is 0 Å². The van der Waals surface area contributed by atoms with E-state index in [1.54, 1.807) is 0 Å². The minimum atomic E-state index is -1.65. The van der Waals surface area contributed by atoms with Crippen LogP contribution in [0.2, 0.25) is 0 Å². The molecule has 1 unspecified atom stereocenters. The predicted molar refractivity (Wildman–Crippen MR) is 104 cm³/mol. The molecule has 1 heterocycles. The Morgan fingerprint density at radius 1 is 1.18 bits per heavy atom. The van der Waals surface area contributed by atoms with Gasteiger partial charge in [-0.1, -0.05) is 12.1 Å². The first-order valence-electron chi connectivity index (χ1n) is 9.46. The van der Waals surface area contributed by atoms with Gasteiger partial charge in [-0.05, 0) is 43.2 Å². The molecule has 6 heteroatoms. The number of ether oxygens (including phenoxy) is 1. The Kier molecular flexibility index (Phi) is 5.23. The number of nitrogens with one attached hydrogen (secondary N) is 2. The number of quaternary nitrogens is 1. The molecule has 0 aromatic heterocycles. The van der Waals surface area contributed by atoms with Gasteiger partial charge in [0.05, 0.1) is 50.2 Å². The highest BCUT2D eigenvalue weighted by molar-refractivity contribution is 6.00. The molecule has 0 amide bonds. The molecule has 1 aliphatic carbocycles. The van der Waals surface area contributed by atoms with Crippen molar-refractivity contribution in [2.75, 3.05) is 20.1 Å². The van der Waals surface area contributed by atoms with Crippen LogP contribution in [0.1, 0.15) is 25.3 Å². The van der Waals surface area contributed by atoms with E-state index in [2.05, 4.69) is 25.3 Å². The van der Waals surface area contributed by atoms with Crippen molar-refractivity contribution < 1.29 is 9.64 Å². The van der Waals surface area contributed by atoms with Crippen molar-refractivity contribution in [1.82, 2.24) is 0 Å². The van der Waals surface area contributed by atoms with Gasteiger partial charge >= 0.3 is 0 Å². The molecule has 28 heavy (non-hydrogen) atoms. The molecular weight excluding hydrogens is 350 g/mol. The maximum atomic E-state index is 10.0. The molecule has 1 saturated carbocycles. The molecule has 6 nitrogen and oxygen atoms in total. The Morgan fingerprint density at radius 2 is 1.82 bits per heavy atom. The number of hydrogen-bond donors (Lipinski definition) is 2. The summed E-state index contributed by atoms with van der Waals surface area (Å²) in [5, 5.41) is 38.3. The second kappa shape index (κ2) is 7.47. The van der Waals surface area contributed by atoms with Crippen LogP contribution >= 0.6 is 0 Å². The lowest BCUT2D eigenvalue weighted by molar-refractivity contribution is -0.878. The summed E-state index contributed by atoms with van der Waals surface area (Å²) in [6, 6.07) is 13.9. The number of hydrogen-bond acceptors (Lipinski definition) is 5. The maximum absolute atomic E-state index is 10.0. The van der Waals surface area contributed by atoms with Crippen molar-refractivity contribution >= 4 is 5.71 Å². The zero-order chi connectivity index (χ0) is 20.5. The van der Waals surface area contributed by atoms with Gasteiger partial charge < -0.3 is 15.0 Å². The summed E-state index contributed by atoms with van der Waals surface area (Å²) in [6.45, 7) is 5.40. The van der Waals surface area contributed by atoms with E-state index in [0.29, 0.717) is 0 Å². The van der Waals surface area contributed by atoms with Crippen LogP contribution in [0.4, 0.5) is 0 Å². The van der Waals surface area contributed by atoms with Crippen molar-refractivity contribution in [3.8, 4) is 24.0 Å². The molecule has 1 aliphatic heterocycles. The second-order valence-corrected chi connectivity index (χ2v) is 7.90. The van der Waals surface area contributed by atoms with E-state index in [9.17, 15) is 15.8 Å². The van der Waals surface area contributed by atoms with Gasteiger partial charge in [-0.3, -0.25) is 0 Å². The van der Waals surface area contributed by atoms with Crippen LogP contribution < -0.4 is 9.64 Å². The summed E-state index contributed by atoms with van der Waals surface area (Å²) in [7, 11) is 2.06. The molecule has 1 aromatic carbocycles. The minimum Gasteiger partial charge on any atom is -0.491 e. The average molecular weight is 374 g/mol. The highest BCUT2D eigenvalue weighted by atomic mass is 16.5. The summed E-state index contributed by atoms with van der Waals surface area (Å²) in [5.41, 5.74) is -0.0484. The zero-order valence-electron chi connectivity index (χ0n) is 16.4. The van der Waals surface area contributed by atoms with E-state index in [0.717, 1.165) is 30.0 Å². The summed E-state index contributed by atoms with van der Waals surface area (Å²) in [4.78, 5) is 1.26. The van der Waals surface area contributed by atoms with Gasteiger partial charge in [0.2, 0.25) is 0 Å². The van der Waals surface area contributed by atoms with E-state index < -0.39 is 17.3 Å². The monoisotopic (exact) mass is 374 g/mol. The molecule has 2 N–H and O–H groups in total. The fourth-order valence-electron chi connectivity index (χ4n) is 4.46. The fourth-order valence-corrected chi connectivity index (χ4v) is 4.46. The van der Waals surface area contributed by atoms with E-state index in [1.807, 2.05) is 44.2 Å². The minimum absolute atomic E-state index is 0.0486. The largest absolute Gasteiger partial charge is 0.491 e. The number of nitriles is 3. The normalized spacial score (nSPS) is 28.3. The summed E-state index contributed by atoms with van der Waals surface area (Å²) in [5.74, 6) is -0.712. The first-order chi connectivity index (χ1) is 13.4. The fraction of sp³-hybridized carbons (Fsp3) is 0.455. The number of rotatable bonds is 3. The standard InChI is InChI=1S/C22H23N5O/c1-14(2)28-16-6-4-15(5-7-16)20-19-11-27(3)9-8-17(19)18(10-23)21(26)22(20,12-24)13-25/h4-8,14,18-20,26H,9,11H2,1-3H3/p+1/t18-,19+,20-/m0/s1. The van der Waals surface area contributed by atoms with E-state index in [4.69, 9.17) is 10.1 Å². The third-order valence-electron chi connectivity index (χ3n) is 5.69. The van der Waals surface area contributed by atoms with Crippen molar-refractivity contribution in [3.05, 3.63) is 41.5 Å². The van der Waals surface area contributed by atoms with Gasteiger partial charge in [-0.15, -0.1) is 0 Å². The van der Waals surface area contributed by atoms with Gasteiger partial charge in [-0.2, -0.15) is 15.8 Å². The number of benzene rings is 1. The van der Waals surface area contributed by atoms with Gasteiger partial charge in [0.25, 0.3) is 0 Å². The smallest absolute Gasteiger partial charge is 0.189 e. The van der Waals surface area contributed by atoms with Gasteiger partial charge in [-0.25, -0.2) is 0 Å². The Bertz CT molecular complexity index is 912. The molecule has 4 atom stereocenters. The topological polar surface area (TPSA) is 109 Å². The maximum Gasteiger partial charge on any atom is 0.189 e. The second-order valence-electron chi connectivity index (χ2n) is 7.90. The van der Waals surface area contributed by atoms with Gasteiger partial charge in [0.15, 0.2) is 5.41 Å². The van der Waals surface area contributed by atoms with Crippen LogP contribution in [0.15, 0.2) is 35.9 Å². The molecule has 0 bridgehead atoms. The average Bonchev–Trinajstić information content (AvgIpc) is 2.68.